The second kappa shape index (κ2) is 14.6. The van der Waals surface area contributed by atoms with E-state index >= 15 is 0 Å². The predicted molar refractivity (Wildman–Crippen MR) is 159 cm³/mol. The maximum atomic E-state index is 13.8. The summed E-state index contributed by atoms with van der Waals surface area (Å²) >= 11 is 13.7. The number of thioether (sulfide) groups is 1. The van der Waals surface area contributed by atoms with E-state index < -0.39 is 6.04 Å². The molecule has 2 amide bonds. The molecule has 1 atom stereocenters. The van der Waals surface area contributed by atoms with E-state index in [1.807, 2.05) is 72.8 Å². The summed E-state index contributed by atoms with van der Waals surface area (Å²) in [6.45, 7) is 0.378. The summed E-state index contributed by atoms with van der Waals surface area (Å²) in [4.78, 5) is 29.3. The second-order valence-corrected chi connectivity index (χ2v) is 11.6. The number of carbonyl (C=O) groups is 2. The van der Waals surface area contributed by atoms with Crippen molar-refractivity contribution in [2.45, 2.75) is 62.9 Å². The Labute approximate surface area is 240 Å². The van der Waals surface area contributed by atoms with Crippen molar-refractivity contribution in [3.05, 3.63) is 106 Å². The molecule has 0 aromatic heterocycles. The Kier molecular flexibility index (Phi) is 11.0. The molecule has 1 N–H and O–H groups in total. The molecule has 7 heteroatoms. The van der Waals surface area contributed by atoms with Crippen molar-refractivity contribution in [1.82, 2.24) is 10.2 Å². The second-order valence-electron chi connectivity index (χ2n) is 9.80. The summed E-state index contributed by atoms with van der Waals surface area (Å²) in [5, 5.41) is 4.30. The Morgan fingerprint density at radius 1 is 0.842 bits per heavy atom. The van der Waals surface area contributed by atoms with Crippen molar-refractivity contribution < 1.29 is 9.59 Å². The van der Waals surface area contributed by atoms with Crippen molar-refractivity contribution in [1.29, 1.82) is 0 Å². The molecule has 1 fully saturated rings. The molecule has 0 saturated heterocycles. The van der Waals surface area contributed by atoms with Crippen LogP contribution < -0.4 is 5.32 Å². The fourth-order valence-corrected chi connectivity index (χ4v) is 6.03. The standard InChI is InChI=1S/C31H34Cl2N2O2S/c32-27-17-16-25(18-28(27)33)21-38-22-30(36)35(20-24-12-6-2-7-13-24)29(19-23-10-4-1-5-11-23)31(37)34-26-14-8-3-9-15-26/h1-2,4-7,10-13,16-18,26,29H,3,8-9,14-15,19-22H2,(H,34,37). The lowest BCUT2D eigenvalue weighted by molar-refractivity contribution is -0.139. The van der Waals surface area contributed by atoms with Crippen LogP contribution in [-0.2, 0) is 28.3 Å². The number of benzene rings is 3. The zero-order valence-corrected chi connectivity index (χ0v) is 23.8. The van der Waals surface area contributed by atoms with Gasteiger partial charge in [0.2, 0.25) is 11.8 Å². The molecule has 3 aromatic rings. The largest absolute Gasteiger partial charge is 0.352 e. The van der Waals surface area contributed by atoms with Gasteiger partial charge in [-0.05, 0) is 41.7 Å². The number of halogens is 2. The molecule has 0 heterocycles. The number of nitrogens with one attached hydrogen (secondary N) is 1. The highest BCUT2D eigenvalue weighted by atomic mass is 35.5. The quantitative estimate of drug-likeness (QED) is 0.263. The van der Waals surface area contributed by atoms with E-state index in [1.165, 1.54) is 18.2 Å². The van der Waals surface area contributed by atoms with Gasteiger partial charge in [0.25, 0.3) is 0 Å². The molecule has 0 radical (unpaired) electrons. The molecule has 0 bridgehead atoms. The van der Waals surface area contributed by atoms with Crippen LogP contribution in [-0.4, -0.2) is 34.6 Å². The molecule has 0 aliphatic heterocycles. The molecule has 3 aromatic carbocycles. The summed E-state index contributed by atoms with van der Waals surface area (Å²) in [6.07, 6.45) is 5.94. The minimum Gasteiger partial charge on any atom is -0.352 e. The van der Waals surface area contributed by atoms with Gasteiger partial charge in [0.15, 0.2) is 0 Å². The van der Waals surface area contributed by atoms with E-state index in [-0.39, 0.29) is 23.6 Å². The van der Waals surface area contributed by atoms with Gasteiger partial charge < -0.3 is 10.2 Å². The first-order chi connectivity index (χ1) is 18.5. The predicted octanol–water partition coefficient (Wildman–Crippen LogP) is 7.32. The van der Waals surface area contributed by atoms with Crippen molar-refractivity contribution >= 4 is 46.8 Å². The highest BCUT2D eigenvalue weighted by Gasteiger charge is 2.31. The highest BCUT2D eigenvalue weighted by molar-refractivity contribution is 7.99. The van der Waals surface area contributed by atoms with Crippen molar-refractivity contribution in [3.8, 4) is 0 Å². The van der Waals surface area contributed by atoms with Crippen molar-refractivity contribution in [3.63, 3.8) is 0 Å². The Balaban J connectivity index is 1.54. The maximum absolute atomic E-state index is 13.8. The minimum atomic E-state index is -0.599. The van der Waals surface area contributed by atoms with Crippen LogP contribution in [0.25, 0.3) is 0 Å². The molecule has 4 nitrogen and oxygen atoms in total. The van der Waals surface area contributed by atoms with Crippen LogP contribution in [0.5, 0.6) is 0 Å². The molecular formula is C31H34Cl2N2O2S. The van der Waals surface area contributed by atoms with Gasteiger partial charge in [-0.2, -0.15) is 0 Å². The number of rotatable bonds is 11. The van der Waals surface area contributed by atoms with Gasteiger partial charge in [0, 0.05) is 24.8 Å². The average molecular weight is 570 g/mol. The van der Waals surface area contributed by atoms with E-state index in [0.717, 1.165) is 42.4 Å². The number of nitrogens with zero attached hydrogens (tertiary/aromatic N) is 1. The smallest absolute Gasteiger partial charge is 0.243 e. The molecule has 38 heavy (non-hydrogen) atoms. The number of amides is 2. The highest BCUT2D eigenvalue weighted by Crippen LogP contribution is 2.25. The Hall–Kier alpha value is -2.47. The fourth-order valence-electron chi connectivity index (χ4n) is 4.85. The van der Waals surface area contributed by atoms with Crippen LogP contribution >= 0.6 is 35.0 Å². The summed E-state index contributed by atoms with van der Waals surface area (Å²) in [5.41, 5.74) is 3.03. The monoisotopic (exact) mass is 568 g/mol. The summed E-state index contributed by atoms with van der Waals surface area (Å²) in [5.74, 6) is 0.757. The number of carbonyl (C=O) groups excluding carboxylic acids is 2. The summed E-state index contributed by atoms with van der Waals surface area (Å²) in [7, 11) is 0. The third kappa shape index (κ3) is 8.52. The average Bonchev–Trinajstić information content (AvgIpc) is 2.94. The van der Waals surface area contributed by atoms with Gasteiger partial charge in [0.1, 0.15) is 6.04 Å². The van der Waals surface area contributed by atoms with E-state index in [4.69, 9.17) is 23.2 Å². The molecular weight excluding hydrogens is 535 g/mol. The Bertz CT molecular complexity index is 1190. The van der Waals surface area contributed by atoms with Crippen LogP contribution in [0.2, 0.25) is 10.0 Å². The molecule has 4 rings (SSSR count). The van der Waals surface area contributed by atoms with Gasteiger partial charge in [0.05, 0.1) is 15.8 Å². The Morgan fingerprint density at radius 3 is 2.16 bits per heavy atom. The molecule has 200 valence electrons. The van der Waals surface area contributed by atoms with E-state index in [0.29, 0.717) is 28.8 Å². The van der Waals surface area contributed by atoms with Crippen LogP contribution in [0, 0.1) is 0 Å². The maximum Gasteiger partial charge on any atom is 0.243 e. The summed E-state index contributed by atoms with van der Waals surface area (Å²) in [6, 6.07) is 24.9. The molecule has 1 aliphatic rings. The fraction of sp³-hybridized carbons (Fsp3) is 0.355. The minimum absolute atomic E-state index is 0.0568. The van der Waals surface area contributed by atoms with Crippen LogP contribution in [0.3, 0.4) is 0 Å². The van der Waals surface area contributed by atoms with Crippen LogP contribution in [0.15, 0.2) is 78.9 Å². The number of hydrogen-bond donors (Lipinski definition) is 1. The first-order valence-electron chi connectivity index (χ1n) is 13.2. The third-order valence-electron chi connectivity index (χ3n) is 6.90. The lowest BCUT2D eigenvalue weighted by atomic mass is 9.94. The van der Waals surface area contributed by atoms with Crippen LogP contribution in [0.4, 0.5) is 0 Å². The molecule has 1 unspecified atom stereocenters. The van der Waals surface area contributed by atoms with Gasteiger partial charge in [-0.1, -0.05) is 109 Å². The first-order valence-corrected chi connectivity index (χ1v) is 15.1. The van der Waals surface area contributed by atoms with Gasteiger partial charge in [-0.25, -0.2) is 0 Å². The zero-order chi connectivity index (χ0) is 26.7. The molecule has 1 aliphatic carbocycles. The van der Waals surface area contributed by atoms with Gasteiger partial charge >= 0.3 is 0 Å². The summed E-state index contributed by atoms with van der Waals surface area (Å²) < 4.78 is 0. The normalized spacial score (nSPS) is 14.6. The lowest BCUT2D eigenvalue weighted by Gasteiger charge is -2.33. The third-order valence-corrected chi connectivity index (χ3v) is 8.62. The zero-order valence-electron chi connectivity index (χ0n) is 21.5. The molecule has 1 saturated carbocycles. The van der Waals surface area contributed by atoms with Crippen molar-refractivity contribution in [2.75, 3.05) is 5.75 Å². The SMILES string of the molecule is O=C(NC1CCCCC1)C(Cc1ccccc1)N(Cc1ccccc1)C(=O)CSCc1ccc(Cl)c(Cl)c1. The number of hydrogen-bond acceptors (Lipinski definition) is 3. The van der Waals surface area contributed by atoms with Gasteiger partial charge in [-0.3, -0.25) is 9.59 Å². The van der Waals surface area contributed by atoms with Crippen LogP contribution in [0.1, 0.15) is 48.8 Å². The topological polar surface area (TPSA) is 49.4 Å². The molecule has 0 spiro atoms. The van der Waals surface area contributed by atoms with E-state index in [2.05, 4.69) is 5.32 Å². The lowest BCUT2D eigenvalue weighted by Crippen LogP contribution is -2.53. The van der Waals surface area contributed by atoms with Gasteiger partial charge in [-0.15, -0.1) is 11.8 Å². The van der Waals surface area contributed by atoms with E-state index in [1.54, 1.807) is 11.0 Å². The Morgan fingerprint density at radius 2 is 1.50 bits per heavy atom. The van der Waals surface area contributed by atoms with E-state index in [9.17, 15) is 9.59 Å². The van der Waals surface area contributed by atoms with Crippen molar-refractivity contribution in [2.24, 2.45) is 0 Å². The first kappa shape index (κ1) is 28.5.